The lowest BCUT2D eigenvalue weighted by Gasteiger charge is -2.19. The zero-order valence-electron chi connectivity index (χ0n) is 12.0. The van der Waals surface area contributed by atoms with Crippen molar-refractivity contribution in [3.05, 3.63) is 34.6 Å². The number of halogens is 4. The van der Waals surface area contributed by atoms with Gasteiger partial charge in [-0.25, -0.2) is 13.2 Å². The Labute approximate surface area is 128 Å². The van der Waals surface area contributed by atoms with Gasteiger partial charge in [0.1, 0.15) is 12.4 Å². The van der Waals surface area contributed by atoms with Crippen LogP contribution in [0.25, 0.3) is 0 Å². The topological polar surface area (TPSA) is 21.3 Å². The molecule has 0 aromatic heterocycles. The van der Waals surface area contributed by atoms with E-state index in [2.05, 4.69) is 5.32 Å². The summed E-state index contributed by atoms with van der Waals surface area (Å²) in [5.41, 5.74) is 0.557. The maximum Gasteiger partial charge on any atom is 0.261 e. The number of rotatable bonds is 10. The van der Waals surface area contributed by atoms with E-state index in [0.29, 0.717) is 23.4 Å². The van der Waals surface area contributed by atoms with Crippen LogP contribution in [0.3, 0.4) is 0 Å². The molecule has 1 unspecified atom stereocenters. The zero-order valence-corrected chi connectivity index (χ0v) is 12.8. The van der Waals surface area contributed by atoms with Gasteiger partial charge in [-0.05, 0) is 43.5 Å². The van der Waals surface area contributed by atoms with Crippen LogP contribution < -0.4 is 5.32 Å². The molecule has 1 aromatic carbocycles. The van der Waals surface area contributed by atoms with Crippen molar-refractivity contribution in [2.75, 3.05) is 19.8 Å². The molecule has 0 radical (unpaired) electrons. The Morgan fingerprint density at radius 2 is 2.10 bits per heavy atom. The molecule has 0 aliphatic heterocycles. The second-order valence-corrected chi connectivity index (χ2v) is 5.28. The molecule has 1 N–H and O–H groups in total. The lowest BCUT2D eigenvalue weighted by Crippen LogP contribution is -2.33. The molecular formula is C15H21ClF3NO. The van der Waals surface area contributed by atoms with Crippen molar-refractivity contribution in [2.45, 2.75) is 38.7 Å². The molecule has 0 fully saturated rings. The summed E-state index contributed by atoms with van der Waals surface area (Å²) >= 11 is 5.72. The van der Waals surface area contributed by atoms with Gasteiger partial charge < -0.3 is 10.1 Å². The van der Waals surface area contributed by atoms with Gasteiger partial charge in [0.15, 0.2) is 0 Å². The molecule has 0 saturated heterocycles. The normalized spacial score (nSPS) is 12.9. The first-order valence-corrected chi connectivity index (χ1v) is 7.44. The Kier molecular flexibility index (Phi) is 8.73. The molecule has 1 aromatic rings. The highest BCUT2D eigenvalue weighted by molar-refractivity contribution is 6.30. The summed E-state index contributed by atoms with van der Waals surface area (Å²) in [5, 5.41) is 3.64. The van der Waals surface area contributed by atoms with Crippen LogP contribution in [0, 0.1) is 5.82 Å². The van der Waals surface area contributed by atoms with Gasteiger partial charge in [0.25, 0.3) is 6.43 Å². The third kappa shape index (κ3) is 7.69. The van der Waals surface area contributed by atoms with Crippen LogP contribution in [0.1, 0.15) is 25.3 Å². The number of benzene rings is 1. The first kappa shape index (κ1) is 18.3. The average molecular weight is 324 g/mol. The summed E-state index contributed by atoms with van der Waals surface area (Å²) < 4.78 is 42.7. The molecule has 0 bridgehead atoms. The van der Waals surface area contributed by atoms with Gasteiger partial charge in [-0.2, -0.15) is 0 Å². The second-order valence-electron chi connectivity index (χ2n) is 4.85. The van der Waals surface area contributed by atoms with E-state index in [9.17, 15) is 13.2 Å². The maximum absolute atomic E-state index is 13.8. The second kappa shape index (κ2) is 10.0. The van der Waals surface area contributed by atoms with E-state index < -0.39 is 13.0 Å². The molecule has 1 rings (SSSR count). The fourth-order valence-electron chi connectivity index (χ4n) is 1.98. The lowest BCUT2D eigenvalue weighted by atomic mass is 10.0. The number of hydrogen-bond acceptors (Lipinski definition) is 2. The van der Waals surface area contributed by atoms with Gasteiger partial charge in [-0.1, -0.05) is 24.6 Å². The van der Waals surface area contributed by atoms with E-state index in [-0.39, 0.29) is 18.5 Å². The van der Waals surface area contributed by atoms with E-state index in [1.807, 2.05) is 6.92 Å². The maximum atomic E-state index is 13.8. The lowest BCUT2D eigenvalue weighted by molar-refractivity contribution is 0.0144. The van der Waals surface area contributed by atoms with E-state index in [0.717, 1.165) is 13.0 Å². The summed E-state index contributed by atoms with van der Waals surface area (Å²) in [6.07, 6.45) is -0.492. The summed E-state index contributed by atoms with van der Waals surface area (Å²) in [5.74, 6) is -0.348. The molecule has 0 aliphatic carbocycles. The minimum Gasteiger partial charge on any atom is -0.375 e. The van der Waals surface area contributed by atoms with Crippen molar-refractivity contribution >= 4 is 11.6 Å². The number of alkyl halides is 2. The van der Waals surface area contributed by atoms with Gasteiger partial charge in [0, 0.05) is 17.7 Å². The van der Waals surface area contributed by atoms with Crippen LogP contribution in [0.4, 0.5) is 13.2 Å². The van der Waals surface area contributed by atoms with Gasteiger partial charge in [-0.15, -0.1) is 0 Å². The van der Waals surface area contributed by atoms with E-state index in [4.69, 9.17) is 16.3 Å². The minimum atomic E-state index is -2.46. The monoisotopic (exact) mass is 323 g/mol. The molecule has 0 aliphatic rings. The Morgan fingerprint density at radius 1 is 1.33 bits per heavy atom. The zero-order chi connectivity index (χ0) is 15.7. The average Bonchev–Trinajstić information content (AvgIpc) is 2.43. The van der Waals surface area contributed by atoms with Crippen LogP contribution in [0.15, 0.2) is 18.2 Å². The Bertz CT molecular complexity index is 418. The fourth-order valence-corrected chi connectivity index (χ4v) is 2.13. The molecule has 6 heteroatoms. The third-order valence-corrected chi connectivity index (χ3v) is 3.25. The Morgan fingerprint density at radius 3 is 2.71 bits per heavy atom. The van der Waals surface area contributed by atoms with Crippen molar-refractivity contribution in [2.24, 2.45) is 0 Å². The van der Waals surface area contributed by atoms with Crippen LogP contribution in [0.2, 0.25) is 5.02 Å². The summed E-state index contributed by atoms with van der Waals surface area (Å²) in [7, 11) is 0. The van der Waals surface area contributed by atoms with Gasteiger partial charge in [0.05, 0.1) is 0 Å². The first-order valence-electron chi connectivity index (χ1n) is 7.06. The Hall–Kier alpha value is -0.780. The van der Waals surface area contributed by atoms with Crippen molar-refractivity contribution in [1.82, 2.24) is 5.32 Å². The van der Waals surface area contributed by atoms with Crippen molar-refractivity contribution in [3.8, 4) is 0 Å². The molecule has 0 spiro atoms. The standard InChI is InChI=1S/C15H21ClF3NO/c1-2-6-20-13(5-7-21-10-15(18)19)8-11-3-4-12(16)9-14(11)17/h3-4,9,13,15,20H,2,5-8,10H2,1H3. The van der Waals surface area contributed by atoms with Crippen LogP contribution in [0.5, 0.6) is 0 Å². The van der Waals surface area contributed by atoms with Gasteiger partial charge in [-0.3, -0.25) is 0 Å². The predicted molar refractivity (Wildman–Crippen MR) is 78.6 cm³/mol. The molecule has 21 heavy (non-hydrogen) atoms. The number of hydrogen-bond donors (Lipinski definition) is 1. The van der Waals surface area contributed by atoms with Crippen molar-refractivity contribution < 1.29 is 17.9 Å². The molecule has 0 heterocycles. The highest BCUT2D eigenvalue weighted by atomic mass is 35.5. The van der Waals surface area contributed by atoms with Gasteiger partial charge in [0.2, 0.25) is 0 Å². The van der Waals surface area contributed by atoms with Crippen molar-refractivity contribution in [3.63, 3.8) is 0 Å². The number of ether oxygens (including phenoxy) is 1. The van der Waals surface area contributed by atoms with Crippen LogP contribution in [-0.2, 0) is 11.2 Å². The third-order valence-electron chi connectivity index (χ3n) is 3.02. The van der Waals surface area contributed by atoms with Crippen LogP contribution >= 0.6 is 11.6 Å². The van der Waals surface area contributed by atoms with E-state index >= 15 is 0 Å². The molecule has 0 amide bonds. The molecule has 120 valence electrons. The van der Waals surface area contributed by atoms with Crippen LogP contribution in [-0.4, -0.2) is 32.2 Å². The largest absolute Gasteiger partial charge is 0.375 e. The van der Waals surface area contributed by atoms with E-state index in [1.54, 1.807) is 12.1 Å². The minimum absolute atomic E-state index is 0.0155. The summed E-state index contributed by atoms with van der Waals surface area (Å²) in [4.78, 5) is 0. The summed E-state index contributed by atoms with van der Waals surface area (Å²) in [6, 6.07) is 4.56. The quantitative estimate of drug-likeness (QED) is 0.656. The molecule has 0 saturated carbocycles. The molecule has 1 atom stereocenters. The SMILES string of the molecule is CCCNC(CCOCC(F)F)Cc1ccc(Cl)cc1F. The van der Waals surface area contributed by atoms with E-state index in [1.165, 1.54) is 6.07 Å². The fraction of sp³-hybridized carbons (Fsp3) is 0.600. The van der Waals surface area contributed by atoms with Gasteiger partial charge >= 0.3 is 0 Å². The first-order chi connectivity index (χ1) is 10.0. The smallest absolute Gasteiger partial charge is 0.261 e. The molecular weight excluding hydrogens is 303 g/mol. The highest BCUT2D eigenvalue weighted by Crippen LogP contribution is 2.17. The summed E-state index contributed by atoms with van der Waals surface area (Å²) in [6.45, 7) is 2.48. The predicted octanol–water partition coefficient (Wildman–Crippen LogP) is 4.06. The highest BCUT2D eigenvalue weighted by Gasteiger charge is 2.13. The Balaban J connectivity index is 2.51. The van der Waals surface area contributed by atoms with Crippen molar-refractivity contribution in [1.29, 1.82) is 0 Å². The number of nitrogens with one attached hydrogen (secondary N) is 1. The molecule has 2 nitrogen and oxygen atoms in total.